The molecule has 0 rings (SSSR count). The smallest absolute Gasteiger partial charge is 0.334 e. The van der Waals surface area contributed by atoms with Crippen molar-refractivity contribution in [3.8, 4) is 0 Å². The van der Waals surface area contributed by atoms with Crippen molar-refractivity contribution in [1.29, 1.82) is 0 Å². The molecular formula is C11H16Cl2O4. The van der Waals surface area contributed by atoms with Crippen LogP contribution in [0.3, 0.4) is 0 Å². The molecule has 2 atom stereocenters. The first-order valence-electron chi connectivity index (χ1n) is 5.11. The molecule has 4 nitrogen and oxygen atoms in total. The topological polar surface area (TPSA) is 52.6 Å². The first-order valence-corrected chi connectivity index (χ1v) is 5.99. The van der Waals surface area contributed by atoms with E-state index in [0.29, 0.717) is 0 Å². The fourth-order valence-electron chi connectivity index (χ4n) is 0.798. The Bertz CT molecular complexity index is 287. The highest BCUT2D eigenvalue weighted by atomic mass is 35.5. The molecule has 0 aliphatic heterocycles. The first-order chi connectivity index (χ1) is 7.82. The molecule has 0 N–H and O–H groups in total. The number of carbonyl (C=O) groups excluding carboxylic acids is 2. The van der Waals surface area contributed by atoms with E-state index in [1.54, 1.807) is 13.8 Å². The molecule has 0 aliphatic rings. The van der Waals surface area contributed by atoms with Gasteiger partial charge in [-0.3, -0.25) is 4.79 Å². The lowest BCUT2D eigenvalue weighted by Crippen LogP contribution is -2.17. The second kappa shape index (κ2) is 8.37. The molecule has 0 heterocycles. The summed E-state index contributed by atoms with van der Waals surface area (Å²) in [6, 6.07) is 0. The molecule has 98 valence electrons. The molecule has 0 aliphatic carbocycles. The minimum Gasteiger partial charge on any atom is -0.464 e. The lowest BCUT2D eigenvalue weighted by molar-refractivity contribution is -0.146. The number of hydrogen-bond acceptors (Lipinski definition) is 4. The molecule has 0 aromatic carbocycles. The molecule has 0 saturated carbocycles. The van der Waals surface area contributed by atoms with E-state index < -0.39 is 11.9 Å². The Kier molecular flexibility index (Phi) is 8.00. The van der Waals surface area contributed by atoms with Crippen LogP contribution in [0.5, 0.6) is 0 Å². The van der Waals surface area contributed by atoms with Crippen molar-refractivity contribution in [2.75, 3.05) is 13.2 Å². The van der Waals surface area contributed by atoms with E-state index in [1.807, 2.05) is 0 Å². The maximum atomic E-state index is 11.3. The quantitative estimate of drug-likeness (QED) is 0.408. The predicted molar refractivity (Wildman–Crippen MR) is 66.3 cm³/mol. The van der Waals surface area contributed by atoms with Crippen molar-refractivity contribution in [2.24, 2.45) is 0 Å². The summed E-state index contributed by atoms with van der Waals surface area (Å²) in [7, 11) is 0. The van der Waals surface area contributed by atoms with Crippen molar-refractivity contribution >= 4 is 35.1 Å². The average molecular weight is 283 g/mol. The molecule has 0 saturated heterocycles. The van der Waals surface area contributed by atoms with Gasteiger partial charge in [-0.2, -0.15) is 0 Å². The largest absolute Gasteiger partial charge is 0.464 e. The van der Waals surface area contributed by atoms with Gasteiger partial charge in [0.1, 0.15) is 13.2 Å². The van der Waals surface area contributed by atoms with Crippen molar-refractivity contribution < 1.29 is 19.1 Å². The van der Waals surface area contributed by atoms with Gasteiger partial charge in [-0.15, -0.1) is 23.2 Å². The summed E-state index contributed by atoms with van der Waals surface area (Å²) in [5.41, 5.74) is 0.0366. The number of rotatable bonds is 7. The summed E-state index contributed by atoms with van der Waals surface area (Å²) < 4.78 is 9.57. The molecule has 6 heteroatoms. The normalized spacial score (nSPS) is 13.6. The van der Waals surface area contributed by atoms with E-state index in [0.717, 1.165) is 0 Å². The summed E-state index contributed by atoms with van der Waals surface area (Å²) in [4.78, 5) is 22.5. The van der Waals surface area contributed by atoms with Crippen LogP contribution in [-0.4, -0.2) is 35.9 Å². The Morgan fingerprint density at radius 3 is 2.06 bits per heavy atom. The van der Waals surface area contributed by atoms with Crippen LogP contribution in [0.4, 0.5) is 0 Å². The van der Waals surface area contributed by atoms with Gasteiger partial charge in [0.25, 0.3) is 0 Å². The molecule has 0 spiro atoms. The summed E-state index contributed by atoms with van der Waals surface area (Å²) in [5.74, 6) is -1.20. The van der Waals surface area contributed by atoms with Gasteiger partial charge in [-0.05, 0) is 13.8 Å². The Hall–Kier alpha value is -0.740. The fraction of sp³-hybridized carbons (Fsp3) is 0.636. The molecule has 0 fully saturated rings. The van der Waals surface area contributed by atoms with Crippen LogP contribution in [0, 0.1) is 0 Å². The maximum Gasteiger partial charge on any atom is 0.334 e. The summed E-state index contributed by atoms with van der Waals surface area (Å²) in [5, 5.41) is -0.549. The van der Waals surface area contributed by atoms with Gasteiger partial charge in [0.15, 0.2) is 0 Å². The molecule has 0 radical (unpaired) electrons. The zero-order chi connectivity index (χ0) is 13.4. The number of carbonyl (C=O) groups is 2. The molecule has 17 heavy (non-hydrogen) atoms. The van der Waals surface area contributed by atoms with Gasteiger partial charge in [0.05, 0.1) is 17.2 Å². The molecule has 0 bridgehead atoms. The minimum absolute atomic E-state index is 0.0366. The third-order valence-electron chi connectivity index (χ3n) is 1.56. The molecule has 2 unspecified atom stereocenters. The van der Waals surface area contributed by atoms with E-state index in [-0.39, 0.29) is 36.0 Å². The van der Waals surface area contributed by atoms with Crippen LogP contribution in [0.2, 0.25) is 0 Å². The van der Waals surface area contributed by atoms with Gasteiger partial charge in [-0.1, -0.05) is 6.58 Å². The maximum absolute atomic E-state index is 11.3. The van der Waals surface area contributed by atoms with E-state index >= 15 is 0 Å². The molecule has 0 aromatic rings. The van der Waals surface area contributed by atoms with Crippen LogP contribution >= 0.6 is 23.2 Å². The molecule has 0 aromatic heterocycles. The van der Waals surface area contributed by atoms with Crippen molar-refractivity contribution in [1.82, 2.24) is 0 Å². The van der Waals surface area contributed by atoms with Gasteiger partial charge in [0.2, 0.25) is 0 Å². The Morgan fingerprint density at radius 2 is 1.59 bits per heavy atom. The highest BCUT2D eigenvalue weighted by Crippen LogP contribution is 2.06. The first kappa shape index (κ1) is 16.3. The van der Waals surface area contributed by atoms with Crippen LogP contribution in [-0.2, 0) is 19.1 Å². The van der Waals surface area contributed by atoms with Gasteiger partial charge in [0, 0.05) is 5.57 Å². The van der Waals surface area contributed by atoms with Crippen LogP contribution in [0.15, 0.2) is 12.2 Å². The average Bonchev–Trinajstić information content (AvgIpc) is 2.22. The second-order valence-electron chi connectivity index (χ2n) is 3.62. The van der Waals surface area contributed by atoms with E-state index in [9.17, 15) is 9.59 Å². The van der Waals surface area contributed by atoms with Gasteiger partial charge in [-0.25, -0.2) is 4.79 Å². The number of alkyl halides is 2. The summed E-state index contributed by atoms with van der Waals surface area (Å²) in [6.45, 7) is 7.01. The van der Waals surface area contributed by atoms with Crippen molar-refractivity contribution in [3.63, 3.8) is 0 Å². The Morgan fingerprint density at radius 1 is 1.12 bits per heavy atom. The molecule has 0 amide bonds. The zero-order valence-electron chi connectivity index (χ0n) is 9.87. The van der Waals surface area contributed by atoms with Crippen molar-refractivity contribution in [3.05, 3.63) is 12.2 Å². The summed E-state index contributed by atoms with van der Waals surface area (Å²) in [6.07, 6.45) is -0.209. The lowest BCUT2D eigenvalue weighted by Gasteiger charge is -2.09. The minimum atomic E-state index is -0.645. The predicted octanol–water partition coefficient (Wildman–Crippen LogP) is 2.27. The monoisotopic (exact) mass is 282 g/mol. The fourth-order valence-corrected chi connectivity index (χ4v) is 0.924. The standard InChI is InChI=1S/C11H16Cl2O4/c1-7(11(15)17-6-9(3)13)4-10(14)16-5-8(2)12/h8-9H,1,4-6H2,2-3H3. The highest BCUT2D eigenvalue weighted by Gasteiger charge is 2.15. The third-order valence-corrected chi connectivity index (χ3v) is 1.82. The van der Waals surface area contributed by atoms with Gasteiger partial charge < -0.3 is 9.47 Å². The third kappa shape index (κ3) is 9.01. The van der Waals surface area contributed by atoms with E-state index in [2.05, 4.69) is 6.58 Å². The number of esters is 2. The molecular weight excluding hydrogens is 267 g/mol. The van der Waals surface area contributed by atoms with Crippen molar-refractivity contribution in [2.45, 2.75) is 31.0 Å². The number of halogens is 2. The highest BCUT2D eigenvalue weighted by molar-refractivity contribution is 6.20. The number of hydrogen-bond donors (Lipinski definition) is 0. The van der Waals surface area contributed by atoms with Crippen LogP contribution in [0.25, 0.3) is 0 Å². The van der Waals surface area contributed by atoms with E-state index in [1.165, 1.54) is 0 Å². The Labute approximate surface area is 111 Å². The second-order valence-corrected chi connectivity index (χ2v) is 5.11. The zero-order valence-corrected chi connectivity index (χ0v) is 11.4. The van der Waals surface area contributed by atoms with Crippen LogP contribution < -0.4 is 0 Å². The van der Waals surface area contributed by atoms with E-state index in [4.69, 9.17) is 32.7 Å². The SMILES string of the molecule is C=C(CC(=O)OCC(C)Cl)C(=O)OCC(C)Cl. The Balaban J connectivity index is 3.91. The lowest BCUT2D eigenvalue weighted by atomic mass is 10.2. The summed E-state index contributed by atoms with van der Waals surface area (Å²) >= 11 is 11.2. The number of ether oxygens (including phenoxy) is 2. The van der Waals surface area contributed by atoms with Crippen LogP contribution in [0.1, 0.15) is 20.3 Å². The van der Waals surface area contributed by atoms with Gasteiger partial charge >= 0.3 is 11.9 Å².